The minimum absolute atomic E-state index is 0.0670. The fraction of sp³-hybridized carbons (Fsp3) is 0.238. The summed E-state index contributed by atoms with van der Waals surface area (Å²) in [6.45, 7) is 1.82. The monoisotopic (exact) mass is 485 g/mol. The van der Waals surface area contributed by atoms with Gasteiger partial charge in [-0.1, -0.05) is 29.8 Å². The molecule has 0 saturated heterocycles. The Balaban J connectivity index is 2.24. The molecule has 1 atom stereocenters. The van der Waals surface area contributed by atoms with E-state index in [1.165, 1.54) is 12.1 Å². The second kappa shape index (κ2) is 10.5. The van der Waals surface area contributed by atoms with E-state index in [1.807, 2.05) is 6.92 Å². The highest BCUT2D eigenvalue weighted by Gasteiger charge is 2.35. The number of amides is 1. The Morgan fingerprint density at radius 1 is 1.06 bits per heavy atom. The van der Waals surface area contributed by atoms with Gasteiger partial charge in [-0.15, -0.1) is 0 Å². The Labute approximate surface area is 188 Å². The number of carboxylic acid groups (broad SMARTS) is 1. The van der Waals surface area contributed by atoms with Crippen LogP contribution < -0.4 is 15.8 Å². The lowest BCUT2D eigenvalue weighted by molar-refractivity contribution is -0.138. The molecular weight excluding hydrogens is 463 g/mol. The van der Waals surface area contributed by atoms with Crippen molar-refractivity contribution in [1.29, 1.82) is 0 Å². The number of benzene rings is 2. The lowest BCUT2D eigenvalue weighted by Gasteiger charge is -2.17. The number of carboxylic acids is 1. The number of carbonyl (C=O) groups excluding carboxylic acids is 1. The predicted octanol–water partition coefficient (Wildman–Crippen LogP) is 3.01. The van der Waals surface area contributed by atoms with Crippen molar-refractivity contribution in [1.82, 2.24) is 4.72 Å². The Morgan fingerprint density at radius 3 is 2.15 bits per heavy atom. The van der Waals surface area contributed by atoms with Crippen LogP contribution in [0.2, 0.25) is 0 Å². The first kappa shape index (κ1) is 25.9. The average Bonchev–Trinajstić information content (AvgIpc) is 2.71. The van der Waals surface area contributed by atoms with Crippen LogP contribution in [0, 0.1) is 6.92 Å². The van der Waals surface area contributed by atoms with Gasteiger partial charge >= 0.3 is 12.1 Å². The third-order valence-corrected chi connectivity index (χ3v) is 5.73. The van der Waals surface area contributed by atoms with Crippen LogP contribution in [0.15, 0.2) is 59.5 Å². The molecule has 0 radical (unpaired) electrons. The van der Waals surface area contributed by atoms with Crippen molar-refractivity contribution in [3.05, 3.63) is 65.7 Å². The van der Waals surface area contributed by atoms with Crippen molar-refractivity contribution >= 4 is 33.3 Å². The van der Waals surface area contributed by atoms with Crippen LogP contribution in [-0.4, -0.2) is 37.6 Å². The highest BCUT2D eigenvalue weighted by molar-refractivity contribution is 7.90. The van der Waals surface area contributed by atoms with Crippen LogP contribution >= 0.6 is 0 Å². The van der Waals surface area contributed by atoms with Gasteiger partial charge in [-0.2, -0.15) is 13.2 Å². The van der Waals surface area contributed by atoms with Gasteiger partial charge in [0.05, 0.1) is 11.3 Å². The molecule has 0 bridgehead atoms. The van der Waals surface area contributed by atoms with E-state index in [-0.39, 0.29) is 16.3 Å². The van der Waals surface area contributed by atoms with E-state index in [2.05, 4.69) is 5.32 Å². The summed E-state index contributed by atoms with van der Waals surface area (Å²) in [6.07, 6.45) is -4.89. The zero-order valence-electron chi connectivity index (χ0n) is 17.4. The minimum atomic E-state index is -4.66. The predicted molar refractivity (Wildman–Crippen MR) is 115 cm³/mol. The van der Waals surface area contributed by atoms with Crippen molar-refractivity contribution in [3.8, 4) is 0 Å². The number of aryl methyl sites for hydroxylation is 1. The minimum Gasteiger partial charge on any atom is -0.481 e. The summed E-state index contributed by atoms with van der Waals surface area (Å²) in [6, 6.07) is 9.32. The van der Waals surface area contributed by atoms with Gasteiger partial charge in [0.15, 0.2) is 0 Å². The van der Waals surface area contributed by atoms with Crippen LogP contribution in [0.3, 0.4) is 0 Å². The van der Waals surface area contributed by atoms with Crippen molar-refractivity contribution in [2.24, 2.45) is 5.73 Å². The zero-order chi connectivity index (χ0) is 24.8. The van der Waals surface area contributed by atoms with Crippen molar-refractivity contribution < 1.29 is 36.3 Å². The number of anilines is 1. The normalized spacial score (nSPS) is 13.3. The number of nitrogens with two attached hydrogens (primary N) is 1. The number of hydrogen-bond donors (Lipinski definition) is 4. The molecule has 33 heavy (non-hydrogen) atoms. The number of halogens is 3. The summed E-state index contributed by atoms with van der Waals surface area (Å²) >= 11 is 0. The van der Waals surface area contributed by atoms with Crippen LogP contribution in [0.1, 0.15) is 24.0 Å². The van der Waals surface area contributed by atoms with E-state index < -0.39 is 47.0 Å². The van der Waals surface area contributed by atoms with Gasteiger partial charge in [-0.05, 0) is 42.8 Å². The van der Waals surface area contributed by atoms with Crippen LogP contribution in [0.4, 0.5) is 18.9 Å². The van der Waals surface area contributed by atoms with Crippen LogP contribution in [0.25, 0.3) is 5.70 Å². The molecule has 5 N–H and O–H groups in total. The van der Waals surface area contributed by atoms with E-state index in [0.717, 1.165) is 23.8 Å². The summed E-state index contributed by atoms with van der Waals surface area (Å²) in [4.78, 5) is 21.8. The van der Waals surface area contributed by atoms with Crippen LogP contribution in [-0.2, 0) is 19.6 Å². The molecule has 0 fully saturated rings. The summed E-state index contributed by atoms with van der Waals surface area (Å²) in [5.74, 6) is -2.23. The molecule has 0 saturated carbocycles. The second-order valence-corrected chi connectivity index (χ2v) is 8.77. The maximum absolute atomic E-state index is 13.0. The SMILES string of the molecule is Cc1ccc(/C(=C/C(N)C(F)(F)F)Nc2ccc(S(=O)(=O)NC(=O)CCC(=O)O)cc2)cc1. The van der Waals surface area contributed by atoms with E-state index >= 15 is 0 Å². The average molecular weight is 485 g/mol. The highest BCUT2D eigenvalue weighted by atomic mass is 32.2. The quantitative estimate of drug-likeness (QED) is 0.428. The maximum Gasteiger partial charge on any atom is 0.407 e. The summed E-state index contributed by atoms with van der Waals surface area (Å²) in [5, 5.41) is 11.4. The molecule has 178 valence electrons. The fourth-order valence-electron chi connectivity index (χ4n) is 2.57. The summed E-state index contributed by atoms with van der Waals surface area (Å²) in [5.41, 5.74) is 6.92. The number of carbonyl (C=O) groups is 2. The first-order valence-electron chi connectivity index (χ1n) is 9.53. The maximum atomic E-state index is 13.0. The molecule has 8 nitrogen and oxygen atoms in total. The molecular formula is C21H22F3N3O5S. The van der Waals surface area contributed by atoms with E-state index in [1.54, 1.807) is 29.0 Å². The van der Waals surface area contributed by atoms with Gasteiger partial charge in [-0.3, -0.25) is 9.59 Å². The molecule has 2 aromatic rings. The Hall–Kier alpha value is -3.38. The van der Waals surface area contributed by atoms with E-state index in [0.29, 0.717) is 5.56 Å². The number of aliphatic carboxylic acids is 1. The number of rotatable bonds is 9. The molecule has 0 aliphatic rings. The lowest BCUT2D eigenvalue weighted by atomic mass is 10.1. The summed E-state index contributed by atoms with van der Waals surface area (Å²) in [7, 11) is -4.25. The molecule has 0 heterocycles. The van der Waals surface area contributed by atoms with Gasteiger partial charge in [0.25, 0.3) is 10.0 Å². The molecule has 0 spiro atoms. The van der Waals surface area contributed by atoms with Gasteiger partial charge in [-0.25, -0.2) is 13.1 Å². The lowest BCUT2D eigenvalue weighted by Crippen LogP contribution is -2.35. The van der Waals surface area contributed by atoms with E-state index in [4.69, 9.17) is 10.8 Å². The molecule has 0 aliphatic heterocycles. The van der Waals surface area contributed by atoms with Gasteiger partial charge < -0.3 is 16.2 Å². The number of hydrogen-bond acceptors (Lipinski definition) is 6. The number of nitrogens with one attached hydrogen (secondary N) is 2. The van der Waals surface area contributed by atoms with Crippen molar-refractivity contribution in [2.45, 2.75) is 36.9 Å². The Morgan fingerprint density at radius 2 is 1.64 bits per heavy atom. The van der Waals surface area contributed by atoms with Gasteiger partial charge in [0.1, 0.15) is 6.04 Å². The van der Waals surface area contributed by atoms with Gasteiger partial charge in [0.2, 0.25) is 5.91 Å². The van der Waals surface area contributed by atoms with Crippen LogP contribution in [0.5, 0.6) is 0 Å². The molecule has 0 aromatic heterocycles. The standard InChI is InChI=1S/C21H22F3N3O5S/c1-13-2-4-14(5-3-13)17(12-18(25)21(22,23)24)26-15-6-8-16(9-7-15)33(31,32)27-19(28)10-11-20(29)30/h2-9,12,18,26H,10-11,25H2,1H3,(H,27,28)(H,29,30)/b17-12-. The van der Waals surface area contributed by atoms with Crippen molar-refractivity contribution in [3.63, 3.8) is 0 Å². The third-order valence-electron chi connectivity index (χ3n) is 4.34. The highest BCUT2D eigenvalue weighted by Crippen LogP contribution is 2.25. The molecule has 1 amide bonds. The molecule has 2 aromatic carbocycles. The van der Waals surface area contributed by atoms with Crippen molar-refractivity contribution in [2.75, 3.05) is 5.32 Å². The van der Waals surface area contributed by atoms with E-state index in [9.17, 15) is 31.2 Å². The number of alkyl halides is 3. The first-order valence-corrected chi connectivity index (χ1v) is 11.0. The largest absolute Gasteiger partial charge is 0.481 e. The number of sulfonamides is 1. The fourth-order valence-corrected chi connectivity index (χ4v) is 3.58. The second-order valence-electron chi connectivity index (χ2n) is 7.09. The Kier molecular flexibility index (Phi) is 8.23. The molecule has 1 unspecified atom stereocenters. The Bertz CT molecular complexity index is 1130. The molecule has 2 rings (SSSR count). The summed E-state index contributed by atoms with van der Waals surface area (Å²) < 4.78 is 65.3. The topological polar surface area (TPSA) is 139 Å². The molecule has 12 heteroatoms. The van der Waals surface area contributed by atoms with Gasteiger partial charge in [0, 0.05) is 17.8 Å². The zero-order valence-corrected chi connectivity index (χ0v) is 18.2. The first-order chi connectivity index (χ1) is 15.3. The third kappa shape index (κ3) is 7.91. The smallest absolute Gasteiger partial charge is 0.407 e. The molecule has 0 aliphatic carbocycles.